The summed E-state index contributed by atoms with van der Waals surface area (Å²) in [6.07, 6.45) is -9.88. The van der Waals surface area contributed by atoms with Crippen molar-refractivity contribution >= 4 is 23.5 Å². The Balaban J connectivity index is 2.65. The summed E-state index contributed by atoms with van der Waals surface area (Å²) in [5.41, 5.74) is -0.585. The van der Waals surface area contributed by atoms with Gasteiger partial charge in [0.25, 0.3) is 0 Å². The van der Waals surface area contributed by atoms with Gasteiger partial charge in [0.15, 0.2) is 5.82 Å². The molecule has 2 atom stereocenters. The molecule has 13 heteroatoms. The van der Waals surface area contributed by atoms with Crippen molar-refractivity contribution in [1.82, 2.24) is 19.9 Å². The molecule has 6 nitrogen and oxygen atoms in total. The Morgan fingerprint density at radius 2 is 1.56 bits per heavy atom. The summed E-state index contributed by atoms with van der Waals surface area (Å²) in [4.78, 5) is 14.3. The molecule has 0 aliphatic rings. The molecule has 2 N–H and O–H groups in total. The molecule has 0 bridgehead atoms. The van der Waals surface area contributed by atoms with E-state index in [0.717, 1.165) is 0 Å². The Labute approximate surface area is 160 Å². The topological polar surface area (TPSA) is 75.6 Å². The van der Waals surface area contributed by atoms with Crippen LogP contribution in [0.2, 0.25) is 5.15 Å². The molecule has 0 saturated heterocycles. The Morgan fingerprint density at radius 1 is 0.963 bits per heavy atom. The standard InChI is InChI=1S/C14H13ClF6N6/c1-6(13(16,17)18)22-11-25-10(8-4-3-5-9(15)24-8)26-12(27-11)23-7(2)14(19,20)21/h3-7H,1-2H3,(H2,22,23,25,26,27)/i3D,4D,5D,6D. The minimum absolute atomic E-state index is 0.420. The molecule has 0 radical (unpaired) electrons. The summed E-state index contributed by atoms with van der Waals surface area (Å²) >= 11 is 5.70. The van der Waals surface area contributed by atoms with E-state index >= 15 is 0 Å². The zero-order chi connectivity index (χ0) is 23.9. The minimum Gasteiger partial charge on any atom is -0.343 e. The molecule has 2 unspecified atom stereocenters. The SMILES string of the molecule is [2H]c1c(Cl)nc(-c2nc(NC(C)C(F)(F)F)nc(NC([2H])(C)C(F)(F)F)n2)c([2H])c1[2H]. The van der Waals surface area contributed by atoms with Gasteiger partial charge in [-0.3, -0.25) is 0 Å². The van der Waals surface area contributed by atoms with Crippen LogP contribution in [0, 0.1) is 0 Å². The maximum Gasteiger partial charge on any atom is 0.408 e. The zero-order valence-electron chi connectivity index (χ0n) is 17.5. The second-order valence-electron chi connectivity index (χ2n) is 5.09. The number of rotatable bonds is 5. The Bertz CT molecular complexity index is 987. The van der Waals surface area contributed by atoms with E-state index in [4.69, 9.17) is 17.1 Å². The molecule has 2 heterocycles. The van der Waals surface area contributed by atoms with Crippen molar-refractivity contribution in [2.75, 3.05) is 10.6 Å². The van der Waals surface area contributed by atoms with Crippen LogP contribution in [0.25, 0.3) is 11.5 Å². The maximum absolute atomic E-state index is 13.0. The average molecular weight is 419 g/mol. The van der Waals surface area contributed by atoms with Gasteiger partial charge in [-0.15, -0.1) is 0 Å². The van der Waals surface area contributed by atoms with Gasteiger partial charge >= 0.3 is 12.4 Å². The van der Waals surface area contributed by atoms with Crippen LogP contribution in [0.4, 0.5) is 38.2 Å². The van der Waals surface area contributed by atoms with Gasteiger partial charge in [0.2, 0.25) is 11.9 Å². The van der Waals surface area contributed by atoms with Crippen molar-refractivity contribution in [2.45, 2.75) is 38.3 Å². The Hall–Kier alpha value is -2.37. The summed E-state index contributed by atoms with van der Waals surface area (Å²) in [6, 6.07) is -7.65. The zero-order valence-corrected chi connectivity index (χ0v) is 14.3. The Morgan fingerprint density at radius 3 is 2.11 bits per heavy atom. The summed E-state index contributed by atoms with van der Waals surface area (Å²) in [7, 11) is 0. The van der Waals surface area contributed by atoms with Gasteiger partial charge in [-0.1, -0.05) is 17.6 Å². The van der Waals surface area contributed by atoms with E-state index in [9.17, 15) is 26.3 Å². The quantitative estimate of drug-likeness (QED) is 0.556. The van der Waals surface area contributed by atoms with Crippen LogP contribution in [0.3, 0.4) is 0 Å². The number of alkyl halides is 6. The normalized spacial score (nSPS) is 17.8. The Kier molecular flexibility index (Phi) is 4.47. The average Bonchev–Trinajstić information content (AvgIpc) is 2.60. The van der Waals surface area contributed by atoms with E-state index in [1.807, 2.05) is 5.32 Å². The number of nitrogens with one attached hydrogen (secondary N) is 2. The van der Waals surface area contributed by atoms with Gasteiger partial charge in [-0.05, 0) is 25.9 Å². The lowest BCUT2D eigenvalue weighted by molar-refractivity contribution is -0.139. The van der Waals surface area contributed by atoms with Crippen LogP contribution >= 0.6 is 11.6 Å². The van der Waals surface area contributed by atoms with Crippen LogP contribution in [-0.4, -0.2) is 44.3 Å². The van der Waals surface area contributed by atoms with Gasteiger partial charge < -0.3 is 10.6 Å². The number of pyridine rings is 1. The molecule has 0 amide bonds. The van der Waals surface area contributed by atoms with Crippen molar-refractivity contribution in [3.8, 4) is 11.5 Å². The van der Waals surface area contributed by atoms with Gasteiger partial charge in [0, 0.05) is 0 Å². The highest BCUT2D eigenvalue weighted by atomic mass is 35.5. The molecule has 27 heavy (non-hydrogen) atoms. The molecule has 148 valence electrons. The van der Waals surface area contributed by atoms with Crippen molar-refractivity contribution in [3.05, 3.63) is 23.3 Å². The maximum atomic E-state index is 13.0. The van der Waals surface area contributed by atoms with Crippen LogP contribution < -0.4 is 10.6 Å². The predicted octanol–water partition coefficient (Wildman–Crippen LogP) is 4.31. The molecule has 2 rings (SSSR count). The third-order valence-corrected chi connectivity index (χ3v) is 3.14. The smallest absolute Gasteiger partial charge is 0.343 e. The fraction of sp³-hybridized carbons (Fsp3) is 0.429. The fourth-order valence-corrected chi connectivity index (χ4v) is 1.65. The first-order chi connectivity index (χ1) is 13.9. The van der Waals surface area contributed by atoms with E-state index < -0.39 is 71.1 Å². The molecule has 0 aliphatic carbocycles. The molecule has 2 aromatic rings. The predicted molar refractivity (Wildman–Crippen MR) is 86.3 cm³/mol. The molecule has 0 saturated carbocycles. The molecule has 0 spiro atoms. The monoisotopic (exact) mass is 418 g/mol. The molecule has 0 fully saturated rings. The lowest BCUT2D eigenvalue weighted by Gasteiger charge is -2.20. The summed E-state index contributed by atoms with van der Waals surface area (Å²) in [5, 5.41) is 2.91. The highest BCUT2D eigenvalue weighted by Crippen LogP contribution is 2.26. The first-order valence-electron chi connectivity index (χ1n) is 9.02. The number of aromatic nitrogens is 4. The highest BCUT2D eigenvalue weighted by Gasteiger charge is 2.38. The second-order valence-corrected chi connectivity index (χ2v) is 5.45. The van der Waals surface area contributed by atoms with Gasteiger partial charge in [-0.2, -0.15) is 41.3 Å². The number of hydrogen-bond donors (Lipinski definition) is 2. The molecular weight excluding hydrogens is 402 g/mol. The molecule has 2 aromatic heterocycles. The lowest BCUT2D eigenvalue weighted by Crippen LogP contribution is -2.35. The fourth-order valence-electron chi connectivity index (χ4n) is 1.52. The largest absolute Gasteiger partial charge is 0.408 e. The van der Waals surface area contributed by atoms with Gasteiger partial charge in [0.1, 0.15) is 22.9 Å². The third-order valence-electron chi connectivity index (χ3n) is 2.96. The van der Waals surface area contributed by atoms with Crippen LogP contribution in [0.1, 0.15) is 19.3 Å². The first kappa shape index (κ1) is 15.7. The summed E-state index contributed by atoms with van der Waals surface area (Å²) in [6.45, 7) is 1.12. The number of anilines is 2. The van der Waals surface area contributed by atoms with Crippen LogP contribution in [0.5, 0.6) is 0 Å². The summed E-state index contributed by atoms with van der Waals surface area (Å²) < 4.78 is 108. The van der Waals surface area contributed by atoms with Crippen LogP contribution in [-0.2, 0) is 0 Å². The molecule has 0 aromatic carbocycles. The third kappa shape index (κ3) is 5.81. The van der Waals surface area contributed by atoms with Crippen molar-refractivity contribution in [3.63, 3.8) is 0 Å². The number of halogens is 7. The van der Waals surface area contributed by atoms with Crippen molar-refractivity contribution in [2.24, 2.45) is 0 Å². The van der Waals surface area contributed by atoms with E-state index in [1.54, 1.807) is 5.32 Å². The van der Waals surface area contributed by atoms with Crippen molar-refractivity contribution < 1.29 is 31.8 Å². The second kappa shape index (κ2) is 7.71. The lowest BCUT2D eigenvalue weighted by atomic mass is 10.3. The highest BCUT2D eigenvalue weighted by molar-refractivity contribution is 6.29. The minimum atomic E-state index is -5.12. The molecule has 0 aliphatic heterocycles. The van der Waals surface area contributed by atoms with Crippen LogP contribution in [0.15, 0.2) is 18.1 Å². The molecular formula is C14H13ClF6N6. The van der Waals surface area contributed by atoms with E-state index in [0.29, 0.717) is 13.8 Å². The van der Waals surface area contributed by atoms with E-state index in [2.05, 4.69) is 19.9 Å². The van der Waals surface area contributed by atoms with Crippen molar-refractivity contribution in [1.29, 1.82) is 0 Å². The first-order valence-corrected chi connectivity index (χ1v) is 7.39. The van der Waals surface area contributed by atoms with Gasteiger partial charge in [-0.25, -0.2) is 4.98 Å². The number of hydrogen-bond acceptors (Lipinski definition) is 6. The van der Waals surface area contributed by atoms with E-state index in [1.165, 1.54) is 0 Å². The summed E-state index contributed by atoms with van der Waals surface area (Å²) in [5.74, 6) is -2.49. The van der Waals surface area contributed by atoms with E-state index in [-0.39, 0.29) is 0 Å². The number of nitrogens with zero attached hydrogens (tertiary/aromatic N) is 4. The van der Waals surface area contributed by atoms with Gasteiger partial charge in [0.05, 0.1) is 5.48 Å².